The molecule has 2 heterocycles. The van der Waals surface area contributed by atoms with Crippen LogP contribution in [0.1, 0.15) is 50.2 Å². The fourth-order valence-corrected chi connectivity index (χ4v) is 2.31. The number of hydrogen-bond acceptors (Lipinski definition) is 3. The van der Waals surface area contributed by atoms with Gasteiger partial charge in [-0.1, -0.05) is 13.8 Å². The van der Waals surface area contributed by atoms with E-state index in [1.54, 1.807) is 6.33 Å². The molecule has 0 aliphatic heterocycles. The number of imidazole rings is 1. The molecule has 0 spiro atoms. The second kappa shape index (κ2) is 6.02. The molecule has 19 heavy (non-hydrogen) atoms. The van der Waals surface area contributed by atoms with Gasteiger partial charge in [-0.3, -0.25) is 4.68 Å². The Labute approximate surface area is 114 Å². The highest BCUT2D eigenvalue weighted by atomic mass is 15.3. The van der Waals surface area contributed by atoms with Crippen LogP contribution < -0.4 is 5.73 Å². The minimum absolute atomic E-state index is 0.0914. The van der Waals surface area contributed by atoms with E-state index in [9.17, 15) is 0 Å². The predicted molar refractivity (Wildman–Crippen MR) is 75.7 cm³/mol. The Morgan fingerprint density at radius 2 is 2.05 bits per heavy atom. The topological polar surface area (TPSA) is 61.7 Å². The van der Waals surface area contributed by atoms with Crippen LogP contribution in [0.4, 0.5) is 0 Å². The van der Waals surface area contributed by atoms with Crippen molar-refractivity contribution < 1.29 is 0 Å². The average molecular weight is 261 g/mol. The summed E-state index contributed by atoms with van der Waals surface area (Å²) in [6, 6.07) is 2.45. The van der Waals surface area contributed by atoms with Gasteiger partial charge in [-0.15, -0.1) is 0 Å². The number of aryl methyl sites for hydroxylation is 1. The lowest BCUT2D eigenvalue weighted by Gasteiger charge is -2.12. The highest BCUT2D eigenvalue weighted by molar-refractivity contribution is 5.09. The zero-order chi connectivity index (χ0) is 13.8. The van der Waals surface area contributed by atoms with E-state index in [1.807, 2.05) is 17.8 Å². The molecule has 0 saturated carbocycles. The minimum Gasteiger partial charge on any atom is -0.340 e. The highest BCUT2D eigenvalue weighted by Gasteiger charge is 2.13. The standard InChI is InChI=1S/C14H23N5/c1-4-12(5-2)19-7-6-11(17-19)8-13(15)14-9-18(3)10-16-14/h6-7,9-10,12-13H,4-5,8,15H2,1-3H3. The van der Waals surface area contributed by atoms with E-state index in [-0.39, 0.29) is 6.04 Å². The summed E-state index contributed by atoms with van der Waals surface area (Å²) in [5.74, 6) is 0. The predicted octanol–water partition coefficient (Wildman–Crippen LogP) is 2.22. The summed E-state index contributed by atoms with van der Waals surface area (Å²) in [5.41, 5.74) is 8.11. The summed E-state index contributed by atoms with van der Waals surface area (Å²) in [5, 5.41) is 4.63. The normalized spacial score (nSPS) is 13.1. The van der Waals surface area contributed by atoms with E-state index in [0.29, 0.717) is 6.04 Å². The van der Waals surface area contributed by atoms with Gasteiger partial charge in [-0.2, -0.15) is 5.10 Å². The van der Waals surface area contributed by atoms with Crippen LogP contribution in [0.5, 0.6) is 0 Å². The summed E-state index contributed by atoms with van der Waals surface area (Å²) in [6.07, 6.45) is 8.72. The van der Waals surface area contributed by atoms with Gasteiger partial charge < -0.3 is 10.3 Å². The van der Waals surface area contributed by atoms with Gasteiger partial charge in [0.2, 0.25) is 0 Å². The molecule has 0 fully saturated rings. The van der Waals surface area contributed by atoms with Gasteiger partial charge in [0.05, 0.1) is 29.8 Å². The molecule has 0 aromatic carbocycles. The van der Waals surface area contributed by atoms with Crippen molar-refractivity contribution in [1.29, 1.82) is 0 Å². The van der Waals surface area contributed by atoms with Crippen molar-refractivity contribution in [2.75, 3.05) is 0 Å². The second-order valence-corrected chi connectivity index (χ2v) is 5.03. The number of aromatic nitrogens is 4. The van der Waals surface area contributed by atoms with Crippen LogP contribution in [0.15, 0.2) is 24.8 Å². The molecule has 5 heteroatoms. The zero-order valence-corrected chi connectivity index (χ0v) is 12.0. The maximum absolute atomic E-state index is 6.17. The third kappa shape index (κ3) is 3.23. The molecule has 0 aliphatic rings. The molecule has 104 valence electrons. The first-order valence-electron chi connectivity index (χ1n) is 6.91. The number of rotatable bonds is 6. The molecule has 5 nitrogen and oxygen atoms in total. The lowest BCUT2D eigenvalue weighted by Crippen LogP contribution is -2.15. The van der Waals surface area contributed by atoms with Gasteiger partial charge in [-0.05, 0) is 18.9 Å². The molecule has 1 atom stereocenters. The maximum atomic E-state index is 6.17. The Morgan fingerprint density at radius 1 is 1.32 bits per heavy atom. The molecule has 2 rings (SSSR count). The Morgan fingerprint density at radius 3 is 2.63 bits per heavy atom. The molecule has 0 amide bonds. The van der Waals surface area contributed by atoms with E-state index in [1.165, 1.54) is 0 Å². The molecule has 1 unspecified atom stereocenters. The van der Waals surface area contributed by atoms with Crippen molar-refractivity contribution in [3.8, 4) is 0 Å². The van der Waals surface area contributed by atoms with Crippen LogP contribution in [0, 0.1) is 0 Å². The lowest BCUT2D eigenvalue weighted by molar-refractivity contribution is 0.424. The minimum atomic E-state index is -0.0914. The van der Waals surface area contributed by atoms with Gasteiger partial charge >= 0.3 is 0 Å². The van der Waals surface area contributed by atoms with Crippen molar-refractivity contribution in [3.63, 3.8) is 0 Å². The first-order valence-corrected chi connectivity index (χ1v) is 6.91. The summed E-state index contributed by atoms with van der Waals surface area (Å²) >= 11 is 0. The molecule has 0 radical (unpaired) electrons. The van der Waals surface area contributed by atoms with Crippen molar-refractivity contribution in [1.82, 2.24) is 19.3 Å². The Kier molecular flexibility index (Phi) is 4.37. The van der Waals surface area contributed by atoms with Gasteiger partial charge in [-0.25, -0.2) is 4.98 Å². The van der Waals surface area contributed by atoms with Crippen LogP contribution in [0.3, 0.4) is 0 Å². The molecular weight excluding hydrogens is 238 g/mol. The maximum Gasteiger partial charge on any atom is 0.0947 e. The van der Waals surface area contributed by atoms with Crippen LogP contribution in [-0.2, 0) is 13.5 Å². The van der Waals surface area contributed by atoms with Gasteiger partial charge in [0.25, 0.3) is 0 Å². The molecule has 0 saturated heterocycles. The number of hydrogen-bond donors (Lipinski definition) is 1. The second-order valence-electron chi connectivity index (χ2n) is 5.03. The number of nitrogens with zero attached hydrogens (tertiary/aromatic N) is 4. The fourth-order valence-electron chi connectivity index (χ4n) is 2.31. The first kappa shape index (κ1) is 13.8. The monoisotopic (exact) mass is 261 g/mol. The third-order valence-electron chi connectivity index (χ3n) is 3.51. The van der Waals surface area contributed by atoms with E-state index in [2.05, 4.69) is 40.9 Å². The third-order valence-corrected chi connectivity index (χ3v) is 3.51. The smallest absolute Gasteiger partial charge is 0.0947 e. The quantitative estimate of drug-likeness (QED) is 0.867. The largest absolute Gasteiger partial charge is 0.340 e. The SMILES string of the molecule is CCC(CC)n1ccc(CC(N)c2cn(C)cn2)n1. The first-order chi connectivity index (χ1) is 9.13. The fraction of sp³-hybridized carbons (Fsp3) is 0.571. The van der Waals surface area contributed by atoms with E-state index in [4.69, 9.17) is 5.73 Å². The van der Waals surface area contributed by atoms with Crippen LogP contribution >= 0.6 is 0 Å². The van der Waals surface area contributed by atoms with Crippen molar-refractivity contribution in [3.05, 3.63) is 36.2 Å². The molecule has 0 bridgehead atoms. The van der Waals surface area contributed by atoms with Gasteiger partial charge in [0, 0.05) is 25.9 Å². The summed E-state index contributed by atoms with van der Waals surface area (Å²) in [4.78, 5) is 4.29. The van der Waals surface area contributed by atoms with E-state index in [0.717, 1.165) is 30.7 Å². The molecular formula is C14H23N5. The molecule has 2 aromatic heterocycles. The summed E-state index contributed by atoms with van der Waals surface area (Å²) in [7, 11) is 1.95. The van der Waals surface area contributed by atoms with Gasteiger partial charge in [0.15, 0.2) is 0 Å². The Balaban J connectivity index is 2.03. The van der Waals surface area contributed by atoms with Crippen LogP contribution in [-0.4, -0.2) is 19.3 Å². The van der Waals surface area contributed by atoms with Gasteiger partial charge in [0.1, 0.15) is 0 Å². The highest BCUT2D eigenvalue weighted by Crippen LogP contribution is 2.17. The lowest BCUT2D eigenvalue weighted by atomic mass is 10.1. The summed E-state index contributed by atoms with van der Waals surface area (Å²) < 4.78 is 3.97. The Bertz CT molecular complexity index is 509. The molecule has 2 N–H and O–H groups in total. The average Bonchev–Trinajstić information content (AvgIpc) is 3.00. The zero-order valence-electron chi connectivity index (χ0n) is 12.0. The van der Waals surface area contributed by atoms with Crippen molar-refractivity contribution in [2.45, 2.75) is 45.2 Å². The van der Waals surface area contributed by atoms with E-state index < -0.39 is 0 Å². The van der Waals surface area contributed by atoms with Crippen molar-refractivity contribution >= 4 is 0 Å². The molecule has 2 aromatic rings. The summed E-state index contributed by atoms with van der Waals surface area (Å²) in [6.45, 7) is 4.38. The number of nitrogens with two attached hydrogens (primary N) is 1. The Hall–Kier alpha value is -1.62. The molecule has 0 aliphatic carbocycles. The van der Waals surface area contributed by atoms with Crippen LogP contribution in [0.2, 0.25) is 0 Å². The van der Waals surface area contributed by atoms with Crippen molar-refractivity contribution in [2.24, 2.45) is 12.8 Å². The van der Waals surface area contributed by atoms with E-state index >= 15 is 0 Å². The van der Waals surface area contributed by atoms with Crippen LogP contribution in [0.25, 0.3) is 0 Å².